The fourth-order valence-corrected chi connectivity index (χ4v) is 12.9. The van der Waals surface area contributed by atoms with Crippen molar-refractivity contribution in [3.63, 3.8) is 0 Å². The van der Waals surface area contributed by atoms with Crippen LogP contribution in [0, 0.1) is 21.7 Å². The second-order valence-electron chi connectivity index (χ2n) is 29.8. The summed E-state index contributed by atoms with van der Waals surface area (Å²) in [5, 5.41) is 13.2. The van der Waals surface area contributed by atoms with Gasteiger partial charge in [-0.15, -0.1) is 0 Å². The molecular weight excluding hydrogens is 1350 g/mol. The number of amides is 4. The lowest BCUT2D eigenvalue weighted by atomic mass is 9.92. The lowest BCUT2D eigenvalue weighted by molar-refractivity contribution is -0.128. The Bertz CT molecular complexity index is 4520. The molecule has 13 rings (SSSR count). The number of nitrogens with one attached hydrogen (secondary N) is 4. The minimum Gasteiger partial charge on any atom is -0.376 e. The van der Waals surface area contributed by atoms with Gasteiger partial charge in [0.05, 0.1) is 120 Å². The Labute approximate surface area is 631 Å². The lowest BCUT2D eigenvalue weighted by Gasteiger charge is -2.25. The number of ether oxygens (including phenoxy) is 4. The number of fused-ring (bicyclic) bond motifs is 4. The van der Waals surface area contributed by atoms with E-state index in [1.165, 1.54) is 0 Å². The van der Waals surface area contributed by atoms with Gasteiger partial charge in [0.2, 0.25) is 23.6 Å². The van der Waals surface area contributed by atoms with Gasteiger partial charge in [-0.3, -0.25) is 19.2 Å². The first-order valence-electron chi connectivity index (χ1n) is 36.3. The highest BCUT2D eigenvalue weighted by Gasteiger charge is 2.36. The molecule has 8 bridgehead atoms. The van der Waals surface area contributed by atoms with Crippen molar-refractivity contribution in [3.05, 3.63) is 334 Å². The lowest BCUT2D eigenvalue weighted by Crippen LogP contribution is -2.35. The monoisotopic (exact) mass is 1430 g/mol. The van der Waals surface area contributed by atoms with Crippen LogP contribution in [0.2, 0.25) is 0 Å². The van der Waals surface area contributed by atoms with Crippen LogP contribution in [-0.4, -0.2) is 72.9 Å². The summed E-state index contributed by atoms with van der Waals surface area (Å²) in [6, 6.07) is 69.8. The topological polar surface area (TPSA) is 203 Å². The van der Waals surface area contributed by atoms with Crippen molar-refractivity contribution in [1.29, 1.82) is 0 Å². The van der Waals surface area contributed by atoms with Crippen LogP contribution in [0.25, 0.3) is 22.3 Å². The van der Waals surface area contributed by atoms with E-state index in [0.29, 0.717) is 139 Å². The van der Waals surface area contributed by atoms with Crippen LogP contribution < -0.4 is 21.3 Å². The molecular formula is C92H88N8O8. The van der Waals surface area contributed by atoms with Gasteiger partial charge in [-0.1, -0.05) is 194 Å². The van der Waals surface area contributed by atoms with E-state index in [9.17, 15) is 19.2 Å². The van der Waals surface area contributed by atoms with E-state index in [4.69, 9.17) is 38.9 Å². The molecule has 16 heteroatoms. The average Bonchev–Trinajstić information content (AvgIpc) is 1.59. The van der Waals surface area contributed by atoms with Crippen LogP contribution in [0.1, 0.15) is 99.9 Å². The Balaban J connectivity index is 0.975. The highest BCUT2D eigenvalue weighted by Crippen LogP contribution is 2.44. The van der Waals surface area contributed by atoms with E-state index in [0.717, 1.165) is 22.3 Å². The van der Waals surface area contributed by atoms with Crippen molar-refractivity contribution < 1.29 is 38.1 Å². The number of carbonyl (C=O) groups excluding carboxylic acids is 4. The van der Waals surface area contributed by atoms with Crippen LogP contribution in [0.5, 0.6) is 0 Å². The molecule has 0 saturated carbocycles. The smallest absolute Gasteiger partial charge is 0.232 e. The van der Waals surface area contributed by atoms with Crippen molar-refractivity contribution in [2.75, 3.05) is 47.7 Å². The third-order valence-electron chi connectivity index (χ3n) is 19.1. The van der Waals surface area contributed by atoms with Crippen LogP contribution in [-0.2, 0) is 64.6 Å². The molecule has 8 aromatic rings. The number of nitrogens with zero attached hydrogens (tertiary/aromatic N) is 4. The second-order valence-corrected chi connectivity index (χ2v) is 29.8. The van der Waals surface area contributed by atoms with E-state index in [-0.39, 0.29) is 50.1 Å². The molecule has 108 heavy (non-hydrogen) atoms. The fourth-order valence-electron chi connectivity index (χ4n) is 12.9. The standard InChI is InChI=1S/C92H88N8O8/c1-89(2,57-105-53-61-29-13-9-14-30-61)85(101)97-69-41-25-21-37-65(69)81-73-45-47-75(93-73)82(66-38-22-26-42-70(66)98-86(102)90(3,4)58-106-54-62-31-15-10-16-32-62)77-49-51-79(95-77)84(68-40-24-28-44-72(68)100-88(104)92(7,8)60-108-56-64-35-19-12-20-36-64)80-52-50-78(96-80)83(76-48-46-74(81)94-76)67-39-23-27-43-71(67)99-87(103)91(5,6)59-107-55-63-33-17-11-18-34-63/h9-52H,53-60H2,1-8H3,(H,97,101)(H,98,102)(H,99,103)(H,100,104). The van der Waals surface area contributed by atoms with Crippen molar-refractivity contribution in [2.24, 2.45) is 41.6 Å². The minimum absolute atomic E-state index is 0.134. The molecule has 4 N–H and O–H groups in total. The maximum absolute atomic E-state index is 14.8. The van der Waals surface area contributed by atoms with Gasteiger partial charge < -0.3 is 40.2 Å². The summed E-state index contributed by atoms with van der Waals surface area (Å²) >= 11 is 0. The Morgan fingerprint density at radius 2 is 0.444 bits per heavy atom. The van der Waals surface area contributed by atoms with Gasteiger partial charge in [0.1, 0.15) is 0 Å². The van der Waals surface area contributed by atoms with E-state index in [1.807, 2.05) is 322 Å². The van der Waals surface area contributed by atoms with Gasteiger partial charge in [-0.05, 0) is 151 Å². The van der Waals surface area contributed by atoms with Crippen LogP contribution >= 0.6 is 0 Å². The van der Waals surface area contributed by atoms with Crippen molar-refractivity contribution in [2.45, 2.75) is 81.8 Å². The molecule has 8 aromatic carbocycles. The zero-order chi connectivity index (χ0) is 75.4. The molecule has 544 valence electrons. The van der Waals surface area contributed by atoms with Gasteiger partial charge >= 0.3 is 0 Å². The van der Waals surface area contributed by atoms with Gasteiger partial charge in [0.25, 0.3) is 0 Å². The predicted molar refractivity (Wildman–Crippen MR) is 434 cm³/mol. The molecule has 0 unspecified atom stereocenters. The predicted octanol–water partition coefficient (Wildman–Crippen LogP) is 18.4. The number of anilines is 4. The Morgan fingerprint density at radius 3 is 0.648 bits per heavy atom. The molecule has 16 nitrogen and oxygen atoms in total. The molecule has 0 saturated heterocycles. The maximum atomic E-state index is 14.8. The van der Waals surface area contributed by atoms with Crippen molar-refractivity contribution >= 4 is 91.5 Å². The quantitative estimate of drug-likeness (QED) is 0.0371. The molecule has 5 heterocycles. The zero-order valence-electron chi connectivity index (χ0n) is 62.1. The number of hydrogen-bond donors (Lipinski definition) is 4. The first kappa shape index (κ1) is 74.4. The maximum Gasteiger partial charge on any atom is 0.232 e. The third kappa shape index (κ3) is 17.5. The van der Waals surface area contributed by atoms with Gasteiger partial charge in [-0.25, -0.2) is 20.0 Å². The normalized spacial score (nSPS) is 14.8. The summed E-state index contributed by atoms with van der Waals surface area (Å²) in [7, 11) is 0. The molecule has 0 spiro atoms. The summed E-state index contributed by atoms with van der Waals surface area (Å²) in [5.74, 6) is -1.07. The minimum atomic E-state index is -0.988. The second kappa shape index (κ2) is 32.8. The van der Waals surface area contributed by atoms with E-state index < -0.39 is 21.7 Å². The fraction of sp³-hybridized carbons (Fsp3) is 0.217. The summed E-state index contributed by atoms with van der Waals surface area (Å²) in [5.41, 5.74) is 10.8. The Morgan fingerprint density at radius 1 is 0.259 bits per heavy atom. The third-order valence-corrected chi connectivity index (χ3v) is 19.1. The SMILES string of the molecule is CC(C)(COCc1ccccc1)C(=O)Nc1ccccc1C1=C2C=CC(=N2)C(c2ccccc2NC(=O)C(C)(C)COCc2ccccc2)=C2C=CC(=N2)C(c2ccccc2NC(=O)C(C)(C)COCc2ccccc2)=C2C=CC(=N2)C(c2ccccc2NC(=O)C(C)(C)COCc2ccccc2)=C2C=CC1=N2. The first-order valence-corrected chi connectivity index (χ1v) is 36.3. The number of aliphatic imine (C=N–C) groups is 4. The molecule has 0 radical (unpaired) electrons. The number of rotatable bonds is 28. The number of para-hydroxylation sites is 4. The number of carbonyl (C=O) groups is 4. The average molecular weight is 1430 g/mol. The number of allylic oxidation sites excluding steroid dienone is 12. The van der Waals surface area contributed by atoms with E-state index >= 15 is 0 Å². The first-order chi connectivity index (χ1) is 52.2. The van der Waals surface area contributed by atoms with Crippen LogP contribution in [0.4, 0.5) is 22.7 Å². The Kier molecular flexibility index (Phi) is 22.6. The van der Waals surface area contributed by atoms with Crippen LogP contribution in [0.3, 0.4) is 0 Å². The molecule has 4 amide bonds. The number of benzene rings is 8. The highest BCUT2D eigenvalue weighted by atomic mass is 16.5. The zero-order valence-corrected chi connectivity index (χ0v) is 62.1. The van der Waals surface area contributed by atoms with Crippen molar-refractivity contribution in [1.82, 2.24) is 0 Å². The van der Waals surface area contributed by atoms with Gasteiger partial charge in [-0.2, -0.15) is 0 Å². The molecule has 5 aliphatic rings. The van der Waals surface area contributed by atoms with E-state index in [2.05, 4.69) is 21.3 Å². The van der Waals surface area contributed by atoms with Gasteiger partial charge in [0.15, 0.2) is 0 Å². The Hall–Kier alpha value is -11.9. The summed E-state index contributed by atoms with van der Waals surface area (Å²) in [6.07, 6.45) is 15.5. The van der Waals surface area contributed by atoms with E-state index in [1.54, 1.807) is 0 Å². The largest absolute Gasteiger partial charge is 0.376 e. The molecule has 0 fully saturated rings. The summed E-state index contributed by atoms with van der Waals surface area (Å²) in [6.45, 7) is 16.7. The number of hydrogen-bond acceptors (Lipinski definition) is 12. The highest BCUT2D eigenvalue weighted by molar-refractivity contribution is 6.41. The van der Waals surface area contributed by atoms with Crippen LogP contribution in [0.15, 0.2) is 310 Å². The molecule has 5 aliphatic heterocycles. The summed E-state index contributed by atoms with van der Waals surface area (Å²) in [4.78, 5) is 81.8. The molecule has 0 aliphatic carbocycles. The molecule has 0 atom stereocenters. The van der Waals surface area contributed by atoms with Gasteiger partial charge in [0, 0.05) is 67.3 Å². The summed E-state index contributed by atoms with van der Waals surface area (Å²) < 4.78 is 24.8. The van der Waals surface area contributed by atoms with Crippen molar-refractivity contribution in [3.8, 4) is 0 Å². The molecule has 0 aromatic heterocycles.